The molecule has 0 bridgehead atoms. The van der Waals surface area contributed by atoms with Gasteiger partial charge in [-0.1, -0.05) is 0 Å². The Hall–Kier alpha value is -0.415. The topological polar surface area (TPSA) is 210 Å². The Kier molecular flexibility index (Phi) is 26.5. The quantitative estimate of drug-likeness (QED) is 0.0515. The normalized spacial score (nSPS) is 18.4. The zero-order valence-electron chi connectivity index (χ0n) is 26.8. The van der Waals surface area contributed by atoms with E-state index in [4.69, 9.17) is 14.0 Å². The Morgan fingerprint density at radius 2 is 0.512 bits per heavy atom. The van der Waals surface area contributed by atoms with E-state index >= 15 is 0 Å². The molecule has 0 aromatic heterocycles. The van der Waals surface area contributed by atoms with Gasteiger partial charge in [-0.05, 0) is 117 Å². The lowest BCUT2D eigenvalue weighted by Crippen LogP contribution is -2.31. The Balaban J connectivity index is 4.56. The summed E-state index contributed by atoms with van der Waals surface area (Å²) in [5, 5.41) is 88.8. The van der Waals surface area contributed by atoms with Gasteiger partial charge >= 0.3 is 7.32 Å². The largest absolute Gasteiger partial charge is 0.639 e. The highest BCUT2D eigenvalue weighted by Crippen LogP contribution is 2.14. The number of rotatable bonds is 30. The van der Waals surface area contributed by atoms with Crippen LogP contribution >= 0.6 is 0 Å². The Morgan fingerprint density at radius 1 is 0.326 bits per heavy atom. The van der Waals surface area contributed by atoms with Crippen molar-refractivity contribution in [3.05, 3.63) is 0 Å². The summed E-state index contributed by atoms with van der Waals surface area (Å²) in [4.78, 5) is 0. The maximum atomic E-state index is 10.3. The highest BCUT2D eigenvalue weighted by molar-refractivity contribution is 6.36. The molecule has 13 heteroatoms. The van der Waals surface area contributed by atoms with Crippen LogP contribution in [0.15, 0.2) is 0 Å². The van der Waals surface area contributed by atoms with Crippen molar-refractivity contribution in [3.63, 3.8) is 0 Å². The Morgan fingerprint density at radius 3 is 0.721 bits per heavy atom. The molecule has 0 aliphatic carbocycles. The van der Waals surface area contributed by atoms with Crippen molar-refractivity contribution in [2.45, 2.75) is 172 Å². The second kappa shape index (κ2) is 26.8. The molecule has 9 N–H and O–H groups in total. The maximum Gasteiger partial charge on any atom is 0.639 e. The van der Waals surface area contributed by atoms with E-state index in [1.165, 1.54) is 0 Å². The van der Waals surface area contributed by atoms with Crippen molar-refractivity contribution in [2.75, 3.05) is 19.8 Å². The fraction of sp³-hybridized carbons (Fsp3) is 1.00. The molecule has 0 heterocycles. The maximum absolute atomic E-state index is 10.3. The lowest BCUT2D eigenvalue weighted by molar-refractivity contribution is 0.0404. The highest BCUT2D eigenvalue weighted by Gasteiger charge is 2.23. The minimum atomic E-state index is -1.09. The summed E-state index contributed by atoms with van der Waals surface area (Å²) < 4.78 is 17.0. The smallest absolute Gasteiger partial charge is 0.393 e. The van der Waals surface area contributed by atoms with Gasteiger partial charge in [-0.15, -0.1) is 0 Å². The molecule has 0 aromatic rings. The lowest BCUT2D eigenvalue weighted by Gasteiger charge is -2.19. The molecule has 0 radical (unpaired) electrons. The zero-order valence-corrected chi connectivity index (χ0v) is 26.8. The standard InChI is InChI=1S/C30H63BO12/c1-22(32)4-7-25(35)10-13-28(38)16-19-41-31(42-20-17-29(39)14-11-26(36)8-5-23(2)33)43-21-18-30(40)15-12-27(37)9-6-24(3)34/h22-30,32-40H,4-21H2,1-3H3. The first-order valence-electron chi connectivity index (χ1n) is 16.3. The summed E-state index contributed by atoms with van der Waals surface area (Å²) in [5.41, 5.74) is 0. The first kappa shape index (κ1) is 42.6. The minimum absolute atomic E-state index is 0.117. The minimum Gasteiger partial charge on any atom is -0.393 e. The van der Waals surface area contributed by atoms with E-state index in [1.807, 2.05) is 0 Å². The molecule has 9 atom stereocenters. The number of hydrogen-bond acceptors (Lipinski definition) is 12. The van der Waals surface area contributed by atoms with E-state index in [2.05, 4.69) is 0 Å². The highest BCUT2D eigenvalue weighted by atomic mass is 16.7. The van der Waals surface area contributed by atoms with Crippen molar-refractivity contribution >= 4 is 7.32 Å². The van der Waals surface area contributed by atoms with Crippen LogP contribution < -0.4 is 0 Å². The molecule has 43 heavy (non-hydrogen) atoms. The van der Waals surface area contributed by atoms with E-state index in [9.17, 15) is 46.0 Å². The third kappa shape index (κ3) is 28.8. The van der Waals surface area contributed by atoms with Crippen LogP contribution in [0.4, 0.5) is 0 Å². The van der Waals surface area contributed by atoms with E-state index in [0.717, 1.165) is 0 Å². The third-order valence-corrected chi connectivity index (χ3v) is 7.37. The molecule has 12 nitrogen and oxygen atoms in total. The molecule has 0 aliphatic rings. The van der Waals surface area contributed by atoms with Gasteiger partial charge in [-0.2, -0.15) is 0 Å². The number of aliphatic hydroxyl groups is 9. The first-order valence-corrected chi connectivity index (χ1v) is 16.3. The molecular formula is C30H63BO12. The van der Waals surface area contributed by atoms with Gasteiger partial charge in [0.2, 0.25) is 0 Å². The van der Waals surface area contributed by atoms with Crippen LogP contribution in [0, 0.1) is 0 Å². The molecule has 0 aliphatic heterocycles. The van der Waals surface area contributed by atoms with E-state index in [1.54, 1.807) is 20.8 Å². The molecule has 258 valence electrons. The van der Waals surface area contributed by atoms with Crippen molar-refractivity contribution in [1.82, 2.24) is 0 Å². The summed E-state index contributed by atoms with van der Waals surface area (Å²) in [7, 11) is -1.09. The molecule has 0 amide bonds. The van der Waals surface area contributed by atoms with Gasteiger partial charge in [0, 0.05) is 19.8 Å². The predicted octanol–water partition coefficient (Wildman–Crippen LogP) is 1.18. The van der Waals surface area contributed by atoms with Crippen LogP contribution in [-0.4, -0.2) is 128 Å². The van der Waals surface area contributed by atoms with Crippen molar-refractivity contribution in [3.8, 4) is 0 Å². The second-order valence-corrected chi connectivity index (χ2v) is 12.2. The molecule has 0 rings (SSSR count). The molecule has 0 aromatic carbocycles. The van der Waals surface area contributed by atoms with Crippen molar-refractivity contribution in [1.29, 1.82) is 0 Å². The van der Waals surface area contributed by atoms with Gasteiger partial charge in [-0.25, -0.2) is 0 Å². The SMILES string of the molecule is CC(O)CCC(O)CCC(O)CCOB(OCCC(O)CCC(O)CCC(C)O)OCCC(O)CCC(O)CCC(C)O. The molecule has 9 unspecified atom stereocenters. The van der Waals surface area contributed by atoms with Crippen molar-refractivity contribution in [2.24, 2.45) is 0 Å². The fourth-order valence-electron chi connectivity index (χ4n) is 4.37. The Labute approximate surface area is 259 Å². The van der Waals surface area contributed by atoms with Gasteiger partial charge in [0.1, 0.15) is 0 Å². The third-order valence-electron chi connectivity index (χ3n) is 7.37. The fourth-order valence-corrected chi connectivity index (χ4v) is 4.37. The number of hydrogen-bond donors (Lipinski definition) is 9. The second-order valence-electron chi connectivity index (χ2n) is 12.2. The van der Waals surface area contributed by atoms with Crippen LogP contribution in [0.2, 0.25) is 0 Å². The molecule has 0 spiro atoms. The van der Waals surface area contributed by atoms with Gasteiger partial charge in [0.25, 0.3) is 0 Å². The van der Waals surface area contributed by atoms with Gasteiger partial charge in [-0.3, -0.25) is 0 Å². The van der Waals surface area contributed by atoms with Gasteiger partial charge in [0.05, 0.1) is 54.9 Å². The van der Waals surface area contributed by atoms with E-state index in [0.29, 0.717) is 77.0 Å². The summed E-state index contributed by atoms with van der Waals surface area (Å²) in [6.45, 7) is 5.35. The first-order chi connectivity index (χ1) is 20.3. The number of aliphatic hydroxyl groups excluding tert-OH is 9. The summed E-state index contributed by atoms with van der Waals surface area (Å²) in [6, 6.07) is 0. The molecule has 0 fully saturated rings. The average molecular weight is 627 g/mol. The molecular weight excluding hydrogens is 563 g/mol. The van der Waals surface area contributed by atoms with Crippen molar-refractivity contribution < 1.29 is 59.9 Å². The van der Waals surface area contributed by atoms with Crippen LogP contribution in [0.1, 0.15) is 117 Å². The van der Waals surface area contributed by atoms with Crippen LogP contribution in [0.25, 0.3) is 0 Å². The summed E-state index contributed by atoms with van der Waals surface area (Å²) in [6.07, 6.45) is 0.724. The molecule has 0 saturated carbocycles. The summed E-state index contributed by atoms with van der Waals surface area (Å²) in [5.74, 6) is 0. The van der Waals surface area contributed by atoms with E-state index < -0.39 is 62.3 Å². The van der Waals surface area contributed by atoms with Crippen LogP contribution in [0.3, 0.4) is 0 Å². The van der Waals surface area contributed by atoms with Gasteiger partial charge < -0.3 is 59.9 Å². The molecule has 0 saturated heterocycles. The van der Waals surface area contributed by atoms with E-state index in [-0.39, 0.29) is 39.1 Å². The lowest BCUT2D eigenvalue weighted by atomic mass is 10.0. The van der Waals surface area contributed by atoms with Crippen LogP contribution in [0.5, 0.6) is 0 Å². The van der Waals surface area contributed by atoms with Crippen LogP contribution in [-0.2, 0) is 14.0 Å². The zero-order chi connectivity index (χ0) is 32.6. The predicted molar refractivity (Wildman–Crippen MR) is 164 cm³/mol. The Bertz CT molecular complexity index is 535. The van der Waals surface area contributed by atoms with Gasteiger partial charge in [0.15, 0.2) is 0 Å². The monoisotopic (exact) mass is 626 g/mol. The summed E-state index contributed by atoms with van der Waals surface area (Å²) >= 11 is 0. The average Bonchev–Trinajstić information content (AvgIpc) is 2.94.